The van der Waals surface area contributed by atoms with Crippen molar-refractivity contribution in [2.45, 2.75) is 65.0 Å². The van der Waals surface area contributed by atoms with Crippen LogP contribution in [-0.2, 0) is 4.74 Å². The van der Waals surface area contributed by atoms with Crippen molar-refractivity contribution < 1.29 is 4.74 Å². The predicted octanol–water partition coefficient (Wildman–Crippen LogP) is 2.97. The van der Waals surface area contributed by atoms with E-state index in [1.165, 1.54) is 32.1 Å². The molecule has 1 N–H and O–H groups in total. The van der Waals surface area contributed by atoms with Crippen molar-refractivity contribution in [2.75, 3.05) is 13.2 Å². The molecule has 1 aliphatic rings. The second-order valence-electron chi connectivity index (χ2n) is 4.66. The Kier molecular flexibility index (Phi) is 6.26. The summed E-state index contributed by atoms with van der Waals surface area (Å²) in [5.41, 5.74) is 0. The van der Waals surface area contributed by atoms with Gasteiger partial charge in [0.05, 0.1) is 6.10 Å². The summed E-state index contributed by atoms with van der Waals surface area (Å²) < 4.78 is 5.89. The number of ether oxygens (including phenoxy) is 1. The van der Waals surface area contributed by atoms with Crippen molar-refractivity contribution in [2.24, 2.45) is 5.92 Å². The fourth-order valence-corrected chi connectivity index (χ4v) is 2.50. The van der Waals surface area contributed by atoms with Crippen LogP contribution in [0.4, 0.5) is 0 Å². The van der Waals surface area contributed by atoms with Crippen LogP contribution >= 0.6 is 0 Å². The number of nitrogens with one attached hydrogen (secondary N) is 1. The number of rotatable bonds is 6. The molecule has 0 radical (unpaired) electrons. The molecule has 0 amide bonds. The van der Waals surface area contributed by atoms with Gasteiger partial charge in [0.1, 0.15) is 0 Å². The Labute approximate surface area is 94.8 Å². The highest BCUT2D eigenvalue weighted by Crippen LogP contribution is 2.25. The molecule has 2 heteroatoms. The number of hydrogen-bond donors (Lipinski definition) is 1. The topological polar surface area (TPSA) is 21.3 Å². The van der Waals surface area contributed by atoms with Gasteiger partial charge in [0.2, 0.25) is 0 Å². The summed E-state index contributed by atoms with van der Waals surface area (Å²) in [5.74, 6) is 0.760. The van der Waals surface area contributed by atoms with E-state index >= 15 is 0 Å². The first-order valence-electron chi connectivity index (χ1n) is 6.66. The van der Waals surface area contributed by atoms with E-state index in [0.29, 0.717) is 12.1 Å². The molecule has 2 atom stereocenters. The summed E-state index contributed by atoms with van der Waals surface area (Å²) in [7, 11) is 0. The van der Waals surface area contributed by atoms with Crippen LogP contribution in [0.2, 0.25) is 0 Å². The van der Waals surface area contributed by atoms with Crippen molar-refractivity contribution in [3.8, 4) is 0 Å². The molecule has 1 saturated heterocycles. The average molecular weight is 213 g/mol. The van der Waals surface area contributed by atoms with Gasteiger partial charge in [-0.25, -0.2) is 0 Å². The SMILES string of the molecule is CCCNC1CCOC(C(CC)CC)C1. The van der Waals surface area contributed by atoms with E-state index < -0.39 is 0 Å². The molecular formula is C13H27NO. The fraction of sp³-hybridized carbons (Fsp3) is 1.00. The molecule has 0 aliphatic carbocycles. The van der Waals surface area contributed by atoms with Gasteiger partial charge >= 0.3 is 0 Å². The molecule has 0 aromatic heterocycles. The molecule has 0 saturated carbocycles. The minimum absolute atomic E-state index is 0.503. The zero-order valence-electron chi connectivity index (χ0n) is 10.6. The predicted molar refractivity (Wildman–Crippen MR) is 65.1 cm³/mol. The summed E-state index contributed by atoms with van der Waals surface area (Å²) in [4.78, 5) is 0. The van der Waals surface area contributed by atoms with Gasteiger partial charge in [0.25, 0.3) is 0 Å². The third kappa shape index (κ3) is 4.12. The van der Waals surface area contributed by atoms with Gasteiger partial charge in [-0.05, 0) is 31.7 Å². The van der Waals surface area contributed by atoms with Gasteiger partial charge < -0.3 is 10.1 Å². The first-order valence-corrected chi connectivity index (χ1v) is 6.66. The molecular weight excluding hydrogens is 186 g/mol. The summed E-state index contributed by atoms with van der Waals surface area (Å²) in [6, 6.07) is 0.698. The van der Waals surface area contributed by atoms with Gasteiger partial charge in [0.15, 0.2) is 0 Å². The van der Waals surface area contributed by atoms with Crippen molar-refractivity contribution in [1.29, 1.82) is 0 Å². The molecule has 15 heavy (non-hydrogen) atoms. The lowest BCUT2D eigenvalue weighted by Gasteiger charge is -2.34. The van der Waals surface area contributed by atoms with E-state index in [-0.39, 0.29) is 0 Å². The maximum Gasteiger partial charge on any atom is 0.0617 e. The molecule has 1 heterocycles. The Morgan fingerprint density at radius 1 is 1.27 bits per heavy atom. The number of hydrogen-bond acceptors (Lipinski definition) is 2. The third-order valence-corrected chi connectivity index (χ3v) is 3.57. The zero-order valence-corrected chi connectivity index (χ0v) is 10.6. The third-order valence-electron chi connectivity index (χ3n) is 3.57. The second-order valence-corrected chi connectivity index (χ2v) is 4.66. The van der Waals surface area contributed by atoms with Gasteiger partial charge in [-0.3, -0.25) is 0 Å². The summed E-state index contributed by atoms with van der Waals surface area (Å²) in [6.45, 7) is 8.88. The molecule has 2 nitrogen and oxygen atoms in total. The first kappa shape index (κ1) is 13.0. The summed E-state index contributed by atoms with van der Waals surface area (Å²) in [6.07, 6.45) is 6.64. The smallest absolute Gasteiger partial charge is 0.0617 e. The van der Waals surface area contributed by atoms with E-state index in [1.54, 1.807) is 0 Å². The molecule has 2 unspecified atom stereocenters. The quantitative estimate of drug-likeness (QED) is 0.732. The Balaban J connectivity index is 2.33. The van der Waals surface area contributed by atoms with Crippen molar-refractivity contribution in [3.05, 3.63) is 0 Å². The largest absolute Gasteiger partial charge is 0.378 e. The highest BCUT2D eigenvalue weighted by molar-refractivity contribution is 4.80. The molecule has 1 rings (SSSR count). The fourth-order valence-electron chi connectivity index (χ4n) is 2.50. The molecule has 1 aliphatic heterocycles. The van der Waals surface area contributed by atoms with Gasteiger partial charge in [0, 0.05) is 12.6 Å². The van der Waals surface area contributed by atoms with Crippen LogP contribution in [0, 0.1) is 5.92 Å². The van der Waals surface area contributed by atoms with E-state index in [1.807, 2.05) is 0 Å². The molecule has 0 aromatic carbocycles. The zero-order chi connectivity index (χ0) is 11.1. The molecule has 0 aromatic rings. The summed E-state index contributed by atoms with van der Waals surface area (Å²) >= 11 is 0. The lowest BCUT2D eigenvalue weighted by Crippen LogP contribution is -2.41. The Bertz CT molecular complexity index is 157. The average Bonchev–Trinajstić information content (AvgIpc) is 2.29. The van der Waals surface area contributed by atoms with Crippen LogP contribution < -0.4 is 5.32 Å². The minimum atomic E-state index is 0.503. The van der Waals surface area contributed by atoms with Gasteiger partial charge in [-0.15, -0.1) is 0 Å². The highest BCUT2D eigenvalue weighted by Gasteiger charge is 2.26. The minimum Gasteiger partial charge on any atom is -0.378 e. The lowest BCUT2D eigenvalue weighted by atomic mass is 9.89. The van der Waals surface area contributed by atoms with E-state index in [0.717, 1.165) is 19.1 Å². The van der Waals surface area contributed by atoms with Gasteiger partial charge in [-0.1, -0.05) is 33.6 Å². The van der Waals surface area contributed by atoms with Crippen LogP contribution in [0.15, 0.2) is 0 Å². The van der Waals surface area contributed by atoms with Crippen LogP contribution in [0.25, 0.3) is 0 Å². The monoisotopic (exact) mass is 213 g/mol. The van der Waals surface area contributed by atoms with Gasteiger partial charge in [-0.2, -0.15) is 0 Å². The Morgan fingerprint density at radius 3 is 2.60 bits per heavy atom. The lowest BCUT2D eigenvalue weighted by molar-refractivity contribution is -0.0347. The van der Waals surface area contributed by atoms with Crippen LogP contribution in [-0.4, -0.2) is 25.3 Å². The standard InChI is InChI=1S/C13H27NO/c1-4-8-14-12-7-9-15-13(10-12)11(5-2)6-3/h11-14H,4-10H2,1-3H3. The maximum atomic E-state index is 5.89. The van der Waals surface area contributed by atoms with E-state index in [9.17, 15) is 0 Å². The van der Waals surface area contributed by atoms with Crippen molar-refractivity contribution in [1.82, 2.24) is 5.32 Å². The molecule has 1 fully saturated rings. The molecule has 0 spiro atoms. The normalized spacial score (nSPS) is 27.2. The summed E-state index contributed by atoms with van der Waals surface area (Å²) in [5, 5.41) is 3.62. The van der Waals surface area contributed by atoms with Crippen LogP contribution in [0.1, 0.15) is 52.9 Å². The van der Waals surface area contributed by atoms with E-state index in [4.69, 9.17) is 4.74 Å². The van der Waals surface area contributed by atoms with Crippen molar-refractivity contribution >= 4 is 0 Å². The Morgan fingerprint density at radius 2 is 2.00 bits per heavy atom. The van der Waals surface area contributed by atoms with E-state index in [2.05, 4.69) is 26.1 Å². The maximum absolute atomic E-state index is 5.89. The first-order chi connectivity index (χ1) is 7.31. The molecule has 90 valence electrons. The van der Waals surface area contributed by atoms with Crippen LogP contribution in [0.5, 0.6) is 0 Å². The van der Waals surface area contributed by atoms with Crippen LogP contribution in [0.3, 0.4) is 0 Å². The Hall–Kier alpha value is -0.0800. The highest BCUT2D eigenvalue weighted by atomic mass is 16.5. The van der Waals surface area contributed by atoms with Crippen molar-refractivity contribution in [3.63, 3.8) is 0 Å². The second kappa shape index (κ2) is 7.24. The molecule has 0 bridgehead atoms.